The van der Waals surface area contributed by atoms with Gasteiger partial charge in [0.2, 0.25) is 0 Å². The zero-order valence-electron chi connectivity index (χ0n) is 10.8. The number of rotatable bonds is 3. The second-order valence-corrected chi connectivity index (χ2v) is 5.58. The SMILES string of the molecule is CC[C@H]1CCC[C@@H](C)N1Cc1ccc(Cl)cc1. The third-order valence-electron chi connectivity index (χ3n) is 3.94. The highest BCUT2D eigenvalue weighted by Gasteiger charge is 2.26. The van der Waals surface area contributed by atoms with Gasteiger partial charge in [-0.3, -0.25) is 4.90 Å². The van der Waals surface area contributed by atoms with E-state index in [1.165, 1.54) is 31.2 Å². The summed E-state index contributed by atoms with van der Waals surface area (Å²) in [5.41, 5.74) is 1.38. The number of likely N-dealkylation sites (tertiary alicyclic amines) is 1. The maximum Gasteiger partial charge on any atom is 0.0406 e. The smallest absolute Gasteiger partial charge is 0.0406 e. The topological polar surface area (TPSA) is 3.24 Å². The van der Waals surface area contributed by atoms with Crippen LogP contribution in [0.5, 0.6) is 0 Å². The Morgan fingerprint density at radius 2 is 1.94 bits per heavy atom. The van der Waals surface area contributed by atoms with Crippen LogP contribution in [0.1, 0.15) is 45.1 Å². The maximum absolute atomic E-state index is 5.93. The number of hydrogen-bond donors (Lipinski definition) is 0. The van der Waals surface area contributed by atoms with Crippen LogP contribution in [0.3, 0.4) is 0 Å². The normalized spacial score (nSPS) is 26.1. The van der Waals surface area contributed by atoms with Crippen LogP contribution in [0.25, 0.3) is 0 Å². The molecule has 0 aliphatic carbocycles. The molecule has 17 heavy (non-hydrogen) atoms. The largest absolute Gasteiger partial charge is 0.293 e. The molecule has 1 aromatic carbocycles. The van der Waals surface area contributed by atoms with Crippen LogP contribution < -0.4 is 0 Å². The van der Waals surface area contributed by atoms with Gasteiger partial charge < -0.3 is 0 Å². The van der Waals surface area contributed by atoms with Gasteiger partial charge in [-0.15, -0.1) is 0 Å². The van der Waals surface area contributed by atoms with Crippen LogP contribution in [-0.4, -0.2) is 17.0 Å². The van der Waals surface area contributed by atoms with Crippen molar-refractivity contribution in [1.82, 2.24) is 4.90 Å². The molecular formula is C15H22ClN. The Labute approximate surface area is 110 Å². The van der Waals surface area contributed by atoms with Crippen molar-refractivity contribution in [2.24, 2.45) is 0 Å². The lowest BCUT2D eigenvalue weighted by Gasteiger charge is -2.40. The van der Waals surface area contributed by atoms with Crippen LogP contribution in [-0.2, 0) is 6.54 Å². The Kier molecular flexibility index (Phi) is 4.47. The molecule has 1 aliphatic heterocycles. The average molecular weight is 252 g/mol. The fourth-order valence-electron chi connectivity index (χ4n) is 2.86. The molecule has 1 aliphatic rings. The summed E-state index contributed by atoms with van der Waals surface area (Å²) in [5.74, 6) is 0. The first-order valence-corrected chi connectivity index (χ1v) is 7.08. The van der Waals surface area contributed by atoms with Gasteiger partial charge in [-0.2, -0.15) is 0 Å². The minimum atomic E-state index is 0.712. The van der Waals surface area contributed by atoms with Crippen molar-refractivity contribution in [3.05, 3.63) is 34.9 Å². The highest BCUT2D eigenvalue weighted by atomic mass is 35.5. The highest BCUT2D eigenvalue weighted by molar-refractivity contribution is 6.30. The molecule has 2 heteroatoms. The molecule has 0 unspecified atom stereocenters. The predicted molar refractivity (Wildman–Crippen MR) is 74.4 cm³/mol. The molecule has 0 saturated carbocycles. The molecule has 1 saturated heterocycles. The van der Waals surface area contributed by atoms with Crippen molar-refractivity contribution in [3.63, 3.8) is 0 Å². The summed E-state index contributed by atoms with van der Waals surface area (Å²) in [7, 11) is 0. The zero-order chi connectivity index (χ0) is 12.3. The molecule has 94 valence electrons. The predicted octanol–water partition coefficient (Wildman–Crippen LogP) is 4.49. The lowest BCUT2D eigenvalue weighted by molar-refractivity contribution is 0.0820. The van der Waals surface area contributed by atoms with Gasteiger partial charge in [-0.1, -0.05) is 37.1 Å². The van der Waals surface area contributed by atoms with Gasteiger partial charge in [0.05, 0.1) is 0 Å². The second kappa shape index (κ2) is 5.88. The summed E-state index contributed by atoms with van der Waals surface area (Å²) >= 11 is 5.93. The molecule has 0 spiro atoms. The van der Waals surface area contributed by atoms with Crippen LogP contribution in [0.4, 0.5) is 0 Å². The van der Waals surface area contributed by atoms with Gasteiger partial charge in [-0.05, 0) is 43.9 Å². The molecule has 2 rings (SSSR count). The van der Waals surface area contributed by atoms with Crippen molar-refractivity contribution >= 4 is 11.6 Å². The van der Waals surface area contributed by atoms with Crippen molar-refractivity contribution in [3.8, 4) is 0 Å². The number of halogens is 1. The van der Waals surface area contributed by atoms with E-state index >= 15 is 0 Å². The lowest BCUT2D eigenvalue weighted by atomic mass is 9.94. The summed E-state index contributed by atoms with van der Waals surface area (Å²) in [6, 6.07) is 9.75. The van der Waals surface area contributed by atoms with Crippen molar-refractivity contribution in [1.29, 1.82) is 0 Å². The Bertz CT molecular complexity index is 346. The molecule has 2 atom stereocenters. The highest BCUT2D eigenvalue weighted by Crippen LogP contribution is 2.26. The maximum atomic E-state index is 5.93. The summed E-state index contributed by atoms with van der Waals surface area (Å²) in [4.78, 5) is 2.66. The summed E-state index contributed by atoms with van der Waals surface area (Å²) < 4.78 is 0. The van der Waals surface area contributed by atoms with Crippen molar-refractivity contribution in [2.75, 3.05) is 0 Å². The van der Waals surface area contributed by atoms with E-state index in [4.69, 9.17) is 11.6 Å². The molecule has 1 fully saturated rings. The monoisotopic (exact) mass is 251 g/mol. The van der Waals surface area contributed by atoms with Crippen LogP contribution >= 0.6 is 11.6 Å². The van der Waals surface area contributed by atoms with Gasteiger partial charge in [0.1, 0.15) is 0 Å². The minimum Gasteiger partial charge on any atom is -0.293 e. The minimum absolute atomic E-state index is 0.712. The Balaban J connectivity index is 2.06. The molecule has 0 N–H and O–H groups in total. The molecule has 0 amide bonds. The van der Waals surface area contributed by atoms with E-state index in [0.717, 1.165) is 17.6 Å². The third kappa shape index (κ3) is 3.23. The third-order valence-corrected chi connectivity index (χ3v) is 4.20. The van der Waals surface area contributed by atoms with E-state index in [1.54, 1.807) is 0 Å². The fourth-order valence-corrected chi connectivity index (χ4v) is 2.99. The fraction of sp³-hybridized carbons (Fsp3) is 0.600. The Morgan fingerprint density at radius 1 is 1.24 bits per heavy atom. The summed E-state index contributed by atoms with van der Waals surface area (Å²) in [6.07, 6.45) is 5.34. The van der Waals surface area contributed by atoms with Gasteiger partial charge in [-0.25, -0.2) is 0 Å². The number of piperidine rings is 1. The van der Waals surface area contributed by atoms with Crippen LogP contribution in [0, 0.1) is 0 Å². The van der Waals surface area contributed by atoms with E-state index < -0.39 is 0 Å². The molecule has 0 bridgehead atoms. The Morgan fingerprint density at radius 3 is 2.59 bits per heavy atom. The van der Waals surface area contributed by atoms with E-state index in [1.807, 2.05) is 12.1 Å². The number of nitrogens with zero attached hydrogens (tertiary/aromatic N) is 1. The zero-order valence-corrected chi connectivity index (χ0v) is 11.6. The second-order valence-electron chi connectivity index (χ2n) is 5.14. The van der Waals surface area contributed by atoms with E-state index in [9.17, 15) is 0 Å². The first-order valence-electron chi connectivity index (χ1n) is 6.71. The summed E-state index contributed by atoms with van der Waals surface area (Å²) in [6.45, 7) is 5.73. The average Bonchev–Trinajstić information content (AvgIpc) is 2.34. The standard InChI is InChI=1S/C15H22ClN/c1-3-15-6-4-5-12(2)17(15)11-13-7-9-14(16)10-8-13/h7-10,12,15H,3-6,11H2,1-2H3/t12-,15+/m1/s1. The Hall–Kier alpha value is -0.530. The number of benzene rings is 1. The molecule has 0 radical (unpaired) electrons. The molecule has 1 nitrogen and oxygen atoms in total. The van der Waals surface area contributed by atoms with Gasteiger partial charge in [0, 0.05) is 23.7 Å². The van der Waals surface area contributed by atoms with Crippen molar-refractivity contribution < 1.29 is 0 Å². The van der Waals surface area contributed by atoms with Gasteiger partial charge in [0.15, 0.2) is 0 Å². The summed E-state index contributed by atoms with van der Waals surface area (Å²) in [5, 5.41) is 0.826. The van der Waals surface area contributed by atoms with Crippen LogP contribution in [0.2, 0.25) is 5.02 Å². The van der Waals surface area contributed by atoms with E-state index in [2.05, 4.69) is 30.9 Å². The first kappa shape index (κ1) is 12.9. The molecule has 1 aromatic rings. The lowest BCUT2D eigenvalue weighted by Crippen LogP contribution is -2.44. The first-order chi connectivity index (χ1) is 8.20. The van der Waals surface area contributed by atoms with E-state index in [0.29, 0.717) is 6.04 Å². The quantitative estimate of drug-likeness (QED) is 0.765. The van der Waals surface area contributed by atoms with Gasteiger partial charge in [0.25, 0.3) is 0 Å². The molecular weight excluding hydrogens is 230 g/mol. The molecule has 0 aromatic heterocycles. The van der Waals surface area contributed by atoms with Crippen LogP contribution in [0.15, 0.2) is 24.3 Å². The number of hydrogen-bond acceptors (Lipinski definition) is 1. The van der Waals surface area contributed by atoms with Crippen molar-refractivity contribution in [2.45, 2.75) is 58.2 Å². The molecule has 1 heterocycles. The van der Waals surface area contributed by atoms with Gasteiger partial charge >= 0.3 is 0 Å². The van der Waals surface area contributed by atoms with E-state index in [-0.39, 0.29) is 0 Å².